The lowest BCUT2D eigenvalue weighted by atomic mass is 10.1. The minimum atomic E-state index is 0.613. The van der Waals surface area contributed by atoms with Gasteiger partial charge in [0.2, 0.25) is 0 Å². The van der Waals surface area contributed by atoms with Crippen molar-refractivity contribution in [2.24, 2.45) is 5.92 Å². The molecule has 0 saturated heterocycles. The minimum absolute atomic E-state index is 0.613. The standard InChI is InChI=1S/C13H25N3/c1-5-7-12-15-11(9-10(3)4)13(14)16(12)8-6-2/h10H,5-9,14H2,1-4H3. The van der Waals surface area contributed by atoms with E-state index in [0.717, 1.165) is 49.6 Å². The molecule has 0 aliphatic heterocycles. The highest BCUT2D eigenvalue weighted by Crippen LogP contribution is 2.19. The Morgan fingerprint density at radius 2 is 1.94 bits per heavy atom. The van der Waals surface area contributed by atoms with Gasteiger partial charge in [-0.3, -0.25) is 0 Å². The molecule has 1 rings (SSSR count). The van der Waals surface area contributed by atoms with E-state index in [1.165, 1.54) is 0 Å². The summed E-state index contributed by atoms with van der Waals surface area (Å²) >= 11 is 0. The number of nitrogen functional groups attached to an aromatic ring is 1. The number of aromatic nitrogens is 2. The first-order valence-electron chi connectivity index (χ1n) is 6.43. The zero-order valence-electron chi connectivity index (χ0n) is 11.1. The summed E-state index contributed by atoms with van der Waals surface area (Å²) < 4.78 is 2.20. The molecule has 92 valence electrons. The molecule has 0 aromatic carbocycles. The molecule has 0 amide bonds. The van der Waals surface area contributed by atoms with Crippen molar-refractivity contribution in [2.45, 2.75) is 59.9 Å². The van der Waals surface area contributed by atoms with Gasteiger partial charge in [-0.25, -0.2) is 4.98 Å². The highest BCUT2D eigenvalue weighted by atomic mass is 15.1. The minimum Gasteiger partial charge on any atom is -0.384 e. The molecule has 1 heterocycles. The Balaban J connectivity index is 2.98. The van der Waals surface area contributed by atoms with Crippen LogP contribution in [0.3, 0.4) is 0 Å². The summed E-state index contributed by atoms with van der Waals surface area (Å²) in [5.41, 5.74) is 7.26. The first-order valence-corrected chi connectivity index (χ1v) is 6.43. The van der Waals surface area contributed by atoms with Crippen molar-refractivity contribution >= 4 is 5.82 Å². The predicted molar refractivity (Wildman–Crippen MR) is 69.5 cm³/mol. The van der Waals surface area contributed by atoms with Gasteiger partial charge in [0.05, 0.1) is 5.69 Å². The third kappa shape index (κ3) is 3.00. The Morgan fingerprint density at radius 1 is 1.25 bits per heavy atom. The molecule has 0 bridgehead atoms. The maximum absolute atomic E-state index is 6.17. The van der Waals surface area contributed by atoms with Crippen LogP contribution in [0.5, 0.6) is 0 Å². The molecule has 0 aliphatic carbocycles. The van der Waals surface area contributed by atoms with Crippen LogP contribution < -0.4 is 5.73 Å². The van der Waals surface area contributed by atoms with E-state index >= 15 is 0 Å². The van der Waals surface area contributed by atoms with Crippen LogP contribution in [-0.4, -0.2) is 9.55 Å². The van der Waals surface area contributed by atoms with Crippen LogP contribution in [0, 0.1) is 5.92 Å². The van der Waals surface area contributed by atoms with E-state index in [2.05, 4.69) is 32.3 Å². The number of nitrogens with zero attached hydrogens (tertiary/aromatic N) is 2. The van der Waals surface area contributed by atoms with Gasteiger partial charge >= 0.3 is 0 Å². The van der Waals surface area contributed by atoms with E-state index in [9.17, 15) is 0 Å². The molecule has 0 atom stereocenters. The smallest absolute Gasteiger partial charge is 0.126 e. The highest BCUT2D eigenvalue weighted by molar-refractivity contribution is 5.38. The zero-order valence-corrected chi connectivity index (χ0v) is 11.1. The summed E-state index contributed by atoms with van der Waals surface area (Å²) in [6.07, 6.45) is 4.25. The number of nitrogens with two attached hydrogens (primary N) is 1. The maximum Gasteiger partial charge on any atom is 0.126 e. The van der Waals surface area contributed by atoms with E-state index in [1.807, 2.05) is 0 Å². The zero-order chi connectivity index (χ0) is 12.1. The number of imidazole rings is 1. The molecule has 0 radical (unpaired) electrons. The van der Waals surface area contributed by atoms with Crippen molar-refractivity contribution in [2.75, 3.05) is 5.73 Å². The first-order chi connectivity index (χ1) is 7.60. The summed E-state index contributed by atoms with van der Waals surface area (Å²) in [6, 6.07) is 0. The molecule has 0 fully saturated rings. The molecule has 1 aromatic rings. The summed E-state index contributed by atoms with van der Waals surface area (Å²) in [5.74, 6) is 2.67. The van der Waals surface area contributed by atoms with Gasteiger partial charge < -0.3 is 10.3 Å². The lowest BCUT2D eigenvalue weighted by Gasteiger charge is -2.07. The Morgan fingerprint density at radius 3 is 2.44 bits per heavy atom. The second-order valence-corrected chi connectivity index (χ2v) is 4.86. The third-order valence-corrected chi connectivity index (χ3v) is 2.68. The number of aryl methyl sites for hydroxylation is 1. The molecule has 2 N–H and O–H groups in total. The summed E-state index contributed by atoms with van der Waals surface area (Å²) in [7, 11) is 0. The highest BCUT2D eigenvalue weighted by Gasteiger charge is 2.14. The Labute approximate surface area is 99.1 Å². The average Bonchev–Trinajstić information content (AvgIpc) is 2.47. The van der Waals surface area contributed by atoms with Gasteiger partial charge in [-0.15, -0.1) is 0 Å². The topological polar surface area (TPSA) is 43.8 Å². The molecule has 0 unspecified atom stereocenters. The van der Waals surface area contributed by atoms with E-state index in [1.54, 1.807) is 0 Å². The molecular formula is C13H25N3. The molecule has 3 nitrogen and oxygen atoms in total. The fourth-order valence-electron chi connectivity index (χ4n) is 1.99. The number of rotatable bonds is 6. The van der Waals surface area contributed by atoms with E-state index < -0.39 is 0 Å². The van der Waals surface area contributed by atoms with Gasteiger partial charge in [0, 0.05) is 13.0 Å². The van der Waals surface area contributed by atoms with Gasteiger partial charge in [0.25, 0.3) is 0 Å². The lowest BCUT2D eigenvalue weighted by Crippen LogP contribution is -2.07. The third-order valence-electron chi connectivity index (χ3n) is 2.68. The molecular weight excluding hydrogens is 198 g/mol. The normalized spacial score (nSPS) is 11.3. The van der Waals surface area contributed by atoms with Gasteiger partial charge in [-0.2, -0.15) is 0 Å². The monoisotopic (exact) mass is 223 g/mol. The van der Waals surface area contributed by atoms with Crippen LogP contribution in [-0.2, 0) is 19.4 Å². The Hall–Kier alpha value is -0.990. The first kappa shape index (κ1) is 13.1. The van der Waals surface area contributed by atoms with Gasteiger partial charge in [0.15, 0.2) is 0 Å². The van der Waals surface area contributed by atoms with Gasteiger partial charge in [-0.05, 0) is 25.2 Å². The maximum atomic E-state index is 6.17. The number of hydrogen-bond acceptors (Lipinski definition) is 2. The summed E-state index contributed by atoms with van der Waals surface area (Å²) in [6.45, 7) is 9.77. The molecule has 16 heavy (non-hydrogen) atoms. The lowest BCUT2D eigenvalue weighted by molar-refractivity contribution is 0.637. The van der Waals surface area contributed by atoms with Crippen LogP contribution in [0.25, 0.3) is 0 Å². The van der Waals surface area contributed by atoms with Crippen molar-refractivity contribution in [3.05, 3.63) is 11.5 Å². The van der Waals surface area contributed by atoms with E-state index in [4.69, 9.17) is 10.7 Å². The average molecular weight is 223 g/mol. The van der Waals surface area contributed by atoms with Crippen molar-refractivity contribution in [3.8, 4) is 0 Å². The fraction of sp³-hybridized carbons (Fsp3) is 0.769. The quantitative estimate of drug-likeness (QED) is 0.805. The van der Waals surface area contributed by atoms with Crippen LogP contribution in [0.4, 0.5) is 5.82 Å². The van der Waals surface area contributed by atoms with Crippen molar-refractivity contribution in [3.63, 3.8) is 0 Å². The van der Waals surface area contributed by atoms with Crippen molar-refractivity contribution in [1.82, 2.24) is 9.55 Å². The Bertz CT molecular complexity index is 326. The second kappa shape index (κ2) is 5.92. The molecule has 3 heteroatoms. The molecule has 0 spiro atoms. The van der Waals surface area contributed by atoms with Crippen LogP contribution in [0.1, 0.15) is 52.1 Å². The van der Waals surface area contributed by atoms with Crippen LogP contribution in [0.15, 0.2) is 0 Å². The number of anilines is 1. The fourth-order valence-corrected chi connectivity index (χ4v) is 1.99. The summed E-state index contributed by atoms with van der Waals surface area (Å²) in [5, 5.41) is 0. The predicted octanol–water partition coefficient (Wildman–Crippen LogP) is 3.03. The van der Waals surface area contributed by atoms with Crippen molar-refractivity contribution in [1.29, 1.82) is 0 Å². The molecule has 1 aromatic heterocycles. The van der Waals surface area contributed by atoms with Crippen LogP contribution >= 0.6 is 0 Å². The van der Waals surface area contributed by atoms with E-state index in [-0.39, 0.29) is 0 Å². The van der Waals surface area contributed by atoms with Crippen molar-refractivity contribution < 1.29 is 0 Å². The Kier molecular flexibility index (Phi) is 4.84. The second-order valence-electron chi connectivity index (χ2n) is 4.86. The SMILES string of the molecule is CCCc1nc(CC(C)C)c(N)n1CCC. The molecule has 0 saturated carbocycles. The largest absolute Gasteiger partial charge is 0.384 e. The van der Waals surface area contributed by atoms with Gasteiger partial charge in [0.1, 0.15) is 11.6 Å². The van der Waals surface area contributed by atoms with E-state index in [0.29, 0.717) is 5.92 Å². The molecule has 0 aliphatic rings. The van der Waals surface area contributed by atoms with Crippen LogP contribution in [0.2, 0.25) is 0 Å². The van der Waals surface area contributed by atoms with Gasteiger partial charge in [-0.1, -0.05) is 27.7 Å². The number of hydrogen-bond donors (Lipinski definition) is 1. The summed E-state index contributed by atoms with van der Waals surface area (Å²) in [4.78, 5) is 4.70.